The molecule has 0 amide bonds. The lowest BCUT2D eigenvalue weighted by Crippen LogP contribution is -2.17. The van der Waals surface area contributed by atoms with Crippen LogP contribution in [0.1, 0.15) is 25.0 Å². The molecular weight excluding hydrogens is 715 g/mol. The topological polar surface area (TPSA) is 16.4 Å². The lowest BCUT2D eigenvalue weighted by Gasteiger charge is -2.31. The Labute approximate surface area is 345 Å². The van der Waals surface area contributed by atoms with Gasteiger partial charge in [-0.05, 0) is 92.0 Å². The van der Waals surface area contributed by atoms with Gasteiger partial charge >= 0.3 is 0 Å². The molecule has 11 rings (SSSR count). The first-order valence-electron chi connectivity index (χ1n) is 20.4. The van der Waals surface area contributed by atoms with Gasteiger partial charge in [-0.15, -0.1) is 0 Å². The Morgan fingerprint density at radius 2 is 0.915 bits per heavy atom. The largest absolute Gasteiger partial charge is 0.455 e. The highest BCUT2D eigenvalue weighted by atomic mass is 16.3. The molecule has 280 valence electrons. The molecule has 1 heterocycles. The van der Waals surface area contributed by atoms with Crippen molar-refractivity contribution in [3.05, 3.63) is 223 Å². The second-order valence-corrected chi connectivity index (χ2v) is 16.1. The number of furan rings is 1. The fraction of sp³-hybridized carbons (Fsp3) is 0.0526. The van der Waals surface area contributed by atoms with Crippen molar-refractivity contribution in [1.82, 2.24) is 0 Å². The first kappa shape index (κ1) is 34.8. The summed E-state index contributed by atoms with van der Waals surface area (Å²) in [5, 5.41) is 2.27. The van der Waals surface area contributed by atoms with Crippen molar-refractivity contribution in [3.8, 4) is 55.6 Å². The number of fused-ring (bicyclic) bond motifs is 6. The van der Waals surface area contributed by atoms with Crippen LogP contribution in [0.2, 0.25) is 0 Å². The van der Waals surface area contributed by atoms with E-state index in [1.54, 1.807) is 0 Å². The van der Waals surface area contributed by atoms with Crippen LogP contribution in [-0.4, -0.2) is 0 Å². The van der Waals surface area contributed by atoms with Crippen molar-refractivity contribution in [3.63, 3.8) is 0 Å². The zero-order chi connectivity index (χ0) is 39.5. The first-order valence-corrected chi connectivity index (χ1v) is 20.4. The second kappa shape index (κ2) is 13.9. The highest BCUT2D eigenvalue weighted by Crippen LogP contribution is 2.52. The van der Waals surface area contributed by atoms with Crippen molar-refractivity contribution in [1.29, 1.82) is 0 Å². The Balaban J connectivity index is 1.12. The van der Waals surface area contributed by atoms with Crippen LogP contribution in [0.25, 0.3) is 77.6 Å². The average molecular weight is 756 g/mol. The highest BCUT2D eigenvalue weighted by molar-refractivity contribution is 6.09. The van der Waals surface area contributed by atoms with Crippen LogP contribution < -0.4 is 4.90 Å². The molecule has 59 heavy (non-hydrogen) atoms. The van der Waals surface area contributed by atoms with E-state index in [1.165, 1.54) is 50.1 Å². The van der Waals surface area contributed by atoms with Crippen molar-refractivity contribution in [2.75, 3.05) is 4.90 Å². The van der Waals surface area contributed by atoms with Gasteiger partial charge in [0.25, 0.3) is 0 Å². The van der Waals surface area contributed by atoms with Crippen molar-refractivity contribution in [2.24, 2.45) is 0 Å². The van der Waals surface area contributed by atoms with Gasteiger partial charge in [-0.3, -0.25) is 0 Å². The SMILES string of the molecule is CC1(C)c2ccccc2-c2ccc(N(c3ccc(-c4cccc5c4oc4ccccc45)cc3)c3cccc(-c4ccccc4)c3-c3ccc(-c4ccccc4)cc3)cc21. The van der Waals surface area contributed by atoms with Gasteiger partial charge in [0.1, 0.15) is 11.2 Å². The minimum atomic E-state index is -0.148. The van der Waals surface area contributed by atoms with Gasteiger partial charge in [0.15, 0.2) is 0 Å². The van der Waals surface area contributed by atoms with Crippen LogP contribution in [0.15, 0.2) is 217 Å². The van der Waals surface area contributed by atoms with E-state index in [9.17, 15) is 0 Å². The maximum absolute atomic E-state index is 6.49. The van der Waals surface area contributed by atoms with E-state index < -0.39 is 0 Å². The molecule has 0 atom stereocenters. The molecule has 0 saturated carbocycles. The zero-order valence-electron chi connectivity index (χ0n) is 33.1. The number of anilines is 3. The van der Waals surface area contributed by atoms with Crippen LogP contribution in [0.4, 0.5) is 17.1 Å². The molecule has 2 nitrogen and oxygen atoms in total. The van der Waals surface area contributed by atoms with Gasteiger partial charge in [0.05, 0.1) is 5.69 Å². The molecule has 0 radical (unpaired) electrons. The molecule has 0 spiro atoms. The zero-order valence-corrected chi connectivity index (χ0v) is 33.1. The summed E-state index contributed by atoms with van der Waals surface area (Å²) in [6, 6.07) is 76.9. The molecule has 9 aromatic carbocycles. The molecule has 2 heteroatoms. The average Bonchev–Trinajstić information content (AvgIpc) is 3.79. The molecule has 0 aliphatic heterocycles. The van der Waals surface area contributed by atoms with Crippen molar-refractivity contribution >= 4 is 39.0 Å². The van der Waals surface area contributed by atoms with E-state index in [0.717, 1.165) is 55.7 Å². The van der Waals surface area contributed by atoms with Crippen LogP contribution in [-0.2, 0) is 5.41 Å². The summed E-state index contributed by atoms with van der Waals surface area (Å²) in [4.78, 5) is 2.46. The standard InChI is InChI=1S/C57H41NO/c1-57(2)51-24-11-9-19-47(51)48-36-35-44(37-52(48)57)58(43-33-31-41(32-34-43)46-22-13-23-50-49-20-10-12-26-54(49)59-56(46)50)53-25-14-21-45(40-17-7-4-8-18-40)55(53)42-29-27-39(28-30-42)38-15-5-3-6-16-38/h3-37H,1-2H3. The van der Waals surface area contributed by atoms with Crippen molar-refractivity contribution in [2.45, 2.75) is 19.3 Å². The van der Waals surface area contributed by atoms with Gasteiger partial charge in [-0.1, -0.05) is 190 Å². The van der Waals surface area contributed by atoms with Gasteiger partial charge in [-0.25, -0.2) is 0 Å². The molecular formula is C57H41NO. The smallest absolute Gasteiger partial charge is 0.143 e. The quantitative estimate of drug-likeness (QED) is 0.161. The number of hydrogen-bond acceptors (Lipinski definition) is 2. The minimum Gasteiger partial charge on any atom is -0.455 e. The van der Waals surface area contributed by atoms with E-state index in [1.807, 2.05) is 12.1 Å². The van der Waals surface area contributed by atoms with E-state index in [0.29, 0.717) is 0 Å². The molecule has 0 unspecified atom stereocenters. The van der Waals surface area contributed by atoms with Gasteiger partial charge in [-0.2, -0.15) is 0 Å². The Bertz CT molecular complexity index is 3160. The second-order valence-electron chi connectivity index (χ2n) is 16.1. The monoisotopic (exact) mass is 755 g/mol. The summed E-state index contributed by atoms with van der Waals surface area (Å²) in [5.74, 6) is 0. The van der Waals surface area contributed by atoms with Gasteiger partial charge < -0.3 is 9.32 Å². The number of nitrogens with zero attached hydrogens (tertiary/aromatic N) is 1. The van der Waals surface area contributed by atoms with E-state index in [2.05, 4.69) is 219 Å². The van der Waals surface area contributed by atoms with Crippen LogP contribution in [0.5, 0.6) is 0 Å². The number of para-hydroxylation sites is 2. The third-order valence-electron chi connectivity index (χ3n) is 12.3. The summed E-state index contributed by atoms with van der Waals surface area (Å²) < 4.78 is 6.49. The number of rotatable bonds is 7. The fourth-order valence-electron chi connectivity index (χ4n) is 9.37. The lowest BCUT2D eigenvalue weighted by atomic mass is 9.82. The highest BCUT2D eigenvalue weighted by Gasteiger charge is 2.36. The van der Waals surface area contributed by atoms with E-state index in [-0.39, 0.29) is 5.41 Å². The molecule has 1 aliphatic rings. The van der Waals surface area contributed by atoms with E-state index >= 15 is 0 Å². The predicted octanol–water partition coefficient (Wildman–Crippen LogP) is 16.0. The Morgan fingerprint density at radius 3 is 1.71 bits per heavy atom. The number of hydrogen-bond donors (Lipinski definition) is 0. The summed E-state index contributed by atoms with van der Waals surface area (Å²) in [7, 11) is 0. The molecule has 0 fully saturated rings. The lowest BCUT2D eigenvalue weighted by molar-refractivity contribution is 0.660. The fourth-order valence-corrected chi connectivity index (χ4v) is 9.37. The van der Waals surface area contributed by atoms with Crippen LogP contribution >= 0.6 is 0 Å². The summed E-state index contributed by atoms with van der Waals surface area (Å²) >= 11 is 0. The van der Waals surface area contributed by atoms with Crippen molar-refractivity contribution < 1.29 is 4.42 Å². The normalized spacial score (nSPS) is 12.7. The van der Waals surface area contributed by atoms with Gasteiger partial charge in [0.2, 0.25) is 0 Å². The Morgan fingerprint density at radius 1 is 0.373 bits per heavy atom. The number of benzene rings is 9. The molecule has 1 aromatic heterocycles. The Hall–Kier alpha value is -7.42. The third-order valence-corrected chi connectivity index (χ3v) is 12.3. The summed E-state index contributed by atoms with van der Waals surface area (Å²) in [5.41, 5.74) is 19.6. The molecule has 0 N–H and O–H groups in total. The molecule has 10 aromatic rings. The van der Waals surface area contributed by atoms with Crippen LogP contribution in [0.3, 0.4) is 0 Å². The minimum absolute atomic E-state index is 0.148. The maximum Gasteiger partial charge on any atom is 0.143 e. The molecule has 0 bridgehead atoms. The third kappa shape index (κ3) is 5.79. The molecule has 0 saturated heterocycles. The summed E-state index contributed by atoms with van der Waals surface area (Å²) in [6.07, 6.45) is 0. The summed E-state index contributed by atoms with van der Waals surface area (Å²) in [6.45, 7) is 4.71. The first-order chi connectivity index (χ1) is 29.0. The van der Waals surface area contributed by atoms with Gasteiger partial charge in [0, 0.05) is 38.7 Å². The maximum atomic E-state index is 6.49. The van der Waals surface area contributed by atoms with E-state index in [4.69, 9.17) is 4.42 Å². The Kier molecular flexibility index (Phi) is 8.20. The molecule has 1 aliphatic carbocycles. The predicted molar refractivity (Wildman–Crippen MR) is 248 cm³/mol. The van der Waals surface area contributed by atoms with Crippen LogP contribution in [0, 0.1) is 0 Å².